The van der Waals surface area contributed by atoms with Crippen molar-refractivity contribution in [1.29, 1.82) is 0 Å². The molecule has 2 aromatic rings. The lowest BCUT2D eigenvalue weighted by atomic mass is 10.0. The molecule has 0 aliphatic rings. The number of benzene rings is 2. The molecule has 41 heavy (non-hydrogen) atoms. The van der Waals surface area contributed by atoms with Gasteiger partial charge < -0.3 is 42.7 Å². The molecule has 0 saturated heterocycles. The van der Waals surface area contributed by atoms with E-state index < -0.39 is 60.2 Å². The highest BCUT2D eigenvalue weighted by atomic mass is 16.4. The molecular formula is C28H37N5O8. The van der Waals surface area contributed by atoms with E-state index in [-0.39, 0.29) is 30.3 Å². The number of nitrogens with two attached hydrogens (primary N) is 2. The predicted molar refractivity (Wildman–Crippen MR) is 148 cm³/mol. The second-order valence-corrected chi connectivity index (χ2v) is 10.2. The first kappa shape index (κ1) is 32.6. The van der Waals surface area contributed by atoms with Crippen molar-refractivity contribution >= 4 is 29.6 Å². The molecular weight excluding hydrogens is 534 g/mol. The van der Waals surface area contributed by atoms with Crippen LogP contribution in [0.3, 0.4) is 0 Å². The number of primary amides is 1. The predicted octanol–water partition coefficient (Wildman–Crippen LogP) is -0.329. The van der Waals surface area contributed by atoms with Gasteiger partial charge in [0.05, 0.1) is 12.5 Å². The van der Waals surface area contributed by atoms with Crippen LogP contribution in [0.25, 0.3) is 0 Å². The van der Waals surface area contributed by atoms with Crippen LogP contribution in [-0.4, -0.2) is 69.1 Å². The van der Waals surface area contributed by atoms with Gasteiger partial charge in [-0.05, 0) is 47.7 Å². The summed E-state index contributed by atoms with van der Waals surface area (Å²) in [7, 11) is 0. The van der Waals surface area contributed by atoms with Gasteiger partial charge >= 0.3 is 5.97 Å². The topological polar surface area (TPSA) is 234 Å². The molecule has 10 N–H and O–H groups in total. The number of hydrogen-bond donors (Lipinski definition) is 8. The lowest BCUT2D eigenvalue weighted by Gasteiger charge is -2.25. The van der Waals surface area contributed by atoms with Crippen LogP contribution in [0.5, 0.6) is 11.5 Å². The first-order valence-corrected chi connectivity index (χ1v) is 13.0. The van der Waals surface area contributed by atoms with Gasteiger partial charge in [0.15, 0.2) is 0 Å². The molecule has 0 radical (unpaired) electrons. The van der Waals surface area contributed by atoms with Gasteiger partial charge in [-0.25, -0.2) is 4.79 Å². The van der Waals surface area contributed by atoms with Crippen LogP contribution in [0.2, 0.25) is 0 Å². The van der Waals surface area contributed by atoms with Crippen LogP contribution in [0, 0.1) is 5.92 Å². The van der Waals surface area contributed by atoms with Crippen molar-refractivity contribution in [3.05, 3.63) is 59.7 Å². The number of aromatic hydroxyl groups is 2. The standard InChI is InChI=1S/C28H37N5O8/c1-15(2)11-20(29)25(37)31-21(12-16-3-7-18(34)8-4-16)26(38)32-22(13-17-5-9-19(35)10-6-17)27(39)33-23(28(40)41)14-24(30)36/h3-10,15,20-23,34-35H,11-14,29H2,1-2H3,(H2,30,36)(H,31,37)(H,32,38)(H,33,39)(H,40,41). The third-order valence-corrected chi connectivity index (χ3v) is 6.10. The zero-order valence-electron chi connectivity index (χ0n) is 22.9. The lowest BCUT2D eigenvalue weighted by molar-refractivity contribution is -0.143. The number of carbonyl (C=O) groups is 5. The number of phenols is 2. The minimum Gasteiger partial charge on any atom is -0.508 e. The van der Waals surface area contributed by atoms with Gasteiger partial charge in [-0.15, -0.1) is 0 Å². The van der Waals surface area contributed by atoms with E-state index in [2.05, 4.69) is 16.0 Å². The molecule has 0 fully saturated rings. The van der Waals surface area contributed by atoms with E-state index in [4.69, 9.17) is 11.5 Å². The zero-order chi connectivity index (χ0) is 30.7. The first-order chi connectivity index (χ1) is 19.2. The summed E-state index contributed by atoms with van der Waals surface area (Å²) in [5, 5.41) is 36.0. The van der Waals surface area contributed by atoms with E-state index in [9.17, 15) is 39.3 Å². The maximum atomic E-state index is 13.5. The molecule has 13 heteroatoms. The fourth-order valence-electron chi connectivity index (χ4n) is 3.99. The maximum absolute atomic E-state index is 13.5. The highest BCUT2D eigenvalue weighted by Gasteiger charge is 2.31. The summed E-state index contributed by atoms with van der Waals surface area (Å²) >= 11 is 0. The number of aliphatic carboxylic acids is 1. The van der Waals surface area contributed by atoms with Gasteiger partial charge in [0.2, 0.25) is 23.6 Å². The SMILES string of the molecule is CC(C)CC(N)C(=O)NC(Cc1ccc(O)cc1)C(=O)NC(Cc1ccc(O)cc1)C(=O)NC(CC(N)=O)C(=O)O. The third-order valence-electron chi connectivity index (χ3n) is 6.10. The number of amides is 4. The summed E-state index contributed by atoms with van der Waals surface area (Å²) < 4.78 is 0. The van der Waals surface area contributed by atoms with Gasteiger partial charge in [-0.3, -0.25) is 19.2 Å². The van der Waals surface area contributed by atoms with E-state index in [1.54, 1.807) is 12.1 Å². The molecule has 0 bridgehead atoms. The van der Waals surface area contributed by atoms with E-state index in [0.717, 1.165) is 0 Å². The first-order valence-electron chi connectivity index (χ1n) is 13.0. The number of nitrogens with one attached hydrogen (secondary N) is 3. The van der Waals surface area contributed by atoms with Crippen molar-refractivity contribution in [1.82, 2.24) is 16.0 Å². The molecule has 0 aromatic heterocycles. The molecule has 4 unspecified atom stereocenters. The minimum absolute atomic E-state index is 0.00678. The quantitative estimate of drug-likeness (QED) is 0.140. The highest BCUT2D eigenvalue weighted by molar-refractivity contribution is 5.95. The van der Waals surface area contributed by atoms with Crippen molar-refractivity contribution < 1.29 is 39.3 Å². The van der Waals surface area contributed by atoms with Gasteiger partial charge in [0.25, 0.3) is 0 Å². The Morgan fingerprint density at radius 1 is 0.707 bits per heavy atom. The molecule has 0 saturated carbocycles. The zero-order valence-corrected chi connectivity index (χ0v) is 22.9. The monoisotopic (exact) mass is 571 g/mol. The second-order valence-electron chi connectivity index (χ2n) is 10.2. The summed E-state index contributed by atoms with van der Waals surface area (Å²) in [6, 6.07) is 6.69. The smallest absolute Gasteiger partial charge is 0.326 e. The van der Waals surface area contributed by atoms with Gasteiger partial charge in [-0.2, -0.15) is 0 Å². The van der Waals surface area contributed by atoms with Gasteiger partial charge in [0, 0.05) is 12.8 Å². The molecule has 0 aliphatic carbocycles. The Morgan fingerprint density at radius 3 is 1.46 bits per heavy atom. The Kier molecular flexibility index (Phi) is 12.1. The fraction of sp³-hybridized carbons (Fsp3) is 0.393. The van der Waals surface area contributed by atoms with Crippen molar-refractivity contribution in [2.24, 2.45) is 17.4 Å². The van der Waals surface area contributed by atoms with Crippen LogP contribution in [-0.2, 0) is 36.8 Å². The summed E-state index contributed by atoms with van der Waals surface area (Å²) in [6.07, 6.45) is -0.442. The van der Waals surface area contributed by atoms with Crippen molar-refractivity contribution in [3.63, 3.8) is 0 Å². The molecule has 13 nitrogen and oxygen atoms in total. The number of hydrogen-bond acceptors (Lipinski definition) is 8. The largest absolute Gasteiger partial charge is 0.508 e. The van der Waals surface area contributed by atoms with E-state index in [1.807, 2.05) is 13.8 Å². The Balaban J connectivity index is 2.35. The molecule has 4 atom stereocenters. The van der Waals surface area contributed by atoms with Crippen LogP contribution in [0.4, 0.5) is 0 Å². The van der Waals surface area contributed by atoms with E-state index in [0.29, 0.717) is 17.5 Å². The van der Waals surface area contributed by atoms with E-state index in [1.165, 1.54) is 36.4 Å². The van der Waals surface area contributed by atoms with Crippen LogP contribution in [0.15, 0.2) is 48.5 Å². The summed E-state index contributed by atoms with van der Waals surface area (Å²) in [5.41, 5.74) is 12.2. The van der Waals surface area contributed by atoms with Crippen molar-refractivity contribution in [2.45, 2.75) is 63.7 Å². The van der Waals surface area contributed by atoms with Crippen LogP contribution in [0.1, 0.15) is 37.8 Å². The second kappa shape index (κ2) is 15.2. The lowest BCUT2D eigenvalue weighted by Crippen LogP contribution is -2.58. The third kappa shape index (κ3) is 11.2. The van der Waals surface area contributed by atoms with Crippen LogP contribution >= 0.6 is 0 Å². The summed E-state index contributed by atoms with van der Waals surface area (Å²) in [4.78, 5) is 62.5. The van der Waals surface area contributed by atoms with Crippen molar-refractivity contribution in [2.75, 3.05) is 0 Å². The summed E-state index contributed by atoms with van der Waals surface area (Å²) in [5.74, 6) is -4.61. The van der Waals surface area contributed by atoms with E-state index >= 15 is 0 Å². The Hall–Kier alpha value is -4.65. The number of rotatable bonds is 15. The molecule has 0 spiro atoms. The highest BCUT2D eigenvalue weighted by Crippen LogP contribution is 2.14. The average molecular weight is 572 g/mol. The van der Waals surface area contributed by atoms with Crippen molar-refractivity contribution in [3.8, 4) is 11.5 Å². The number of carboxylic acids is 1. The molecule has 2 aromatic carbocycles. The number of phenolic OH excluding ortho intramolecular Hbond substituents is 2. The Labute approximate surface area is 237 Å². The van der Waals surface area contributed by atoms with Crippen LogP contribution < -0.4 is 27.4 Å². The normalized spacial score (nSPS) is 13.9. The van der Waals surface area contributed by atoms with Gasteiger partial charge in [-0.1, -0.05) is 38.1 Å². The Bertz CT molecular complexity index is 1220. The Morgan fingerprint density at radius 2 is 1.10 bits per heavy atom. The minimum atomic E-state index is -1.64. The molecule has 0 aliphatic heterocycles. The fourth-order valence-corrected chi connectivity index (χ4v) is 3.99. The van der Waals surface area contributed by atoms with Gasteiger partial charge in [0.1, 0.15) is 29.6 Å². The molecule has 4 amide bonds. The molecule has 222 valence electrons. The number of carboxylic acid groups (broad SMARTS) is 1. The molecule has 2 rings (SSSR count). The maximum Gasteiger partial charge on any atom is 0.326 e. The summed E-state index contributed by atoms with van der Waals surface area (Å²) in [6.45, 7) is 3.78. The number of carbonyl (C=O) groups excluding carboxylic acids is 4. The molecule has 0 heterocycles. The average Bonchev–Trinajstić information content (AvgIpc) is 2.89.